The zero-order valence-corrected chi connectivity index (χ0v) is 14.1. The van der Waals surface area contributed by atoms with Crippen molar-refractivity contribution >= 4 is 12.4 Å². The van der Waals surface area contributed by atoms with Gasteiger partial charge in [-0.3, -0.25) is 0 Å². The number of benzene rings is 1. The van der Waals surface area contributed by atoms with E-state index in [0.717, 1.165) is 18.6 Å². The monoisotopic (exact) mass is 304 g/mol. The molecular weight excluding hydrogens is 290 g/mol. The van der Waals surface area contributed by atoms with E-state index in [2.05, 4.69) is 0 Å². The van der Waals surface area contributed by atoms with Gasteiger partial charge in [0.1, 0.15) is 12.4 Å². The molecule has 8 heteroatoms. The van der Waals surface area contributed by atoms with Crippen LogP contribution >= 0.6 is 0 Å². The van der Waals surface area contributed by atoms with Crippen molar-refractivity contribution in [2.45, 2.75) is 13.3 Å². The fourth-order valence-electron chi connectivity index (χ4n) is 1.33. The molecule has 0 aromatic heterocycles. The molecular formula is C11H14BF4KO2. The van der Waals surface area contributed by atoms with E-state index in [1.54, 1.807) is 0 Å². The van der Waals surface area contributed by atoms with Crippen LogP contribution in [0.5, 0.6) is 5.75 Å². The Hall–Kier alpha value is 0.401. The van der Waals surface area contributed by atoms with Gasteiger partial charge in [0.15, 0.2) is 0 Å². The van der Waals surface area contributed by atoms with E-state index in [4.69, 9.17) is 9.47 Å². The van der Waals surface area contributed by atoms with Gasteiger partial charge < -0.3 is 22.4 Å². The molecule has 0 aliphatic rings. The summed E-state index contributed by atoms with van der Waals surface area (Å²) in [6, 6.07) is 2.54. The van der Waals surface area contributed by atoms with Crippen molar-refractivity contribution in [2.75, 3.05) is 19.8 Å². The summed E-state index contributed by atoms with van der Waals surface area (Å²) >= 11 is 0. The van der Waals surface area contributed by atoms with Crippen molar-refractivity contribution in [1.29, 1.82) is 0 Å². The molecule has 0 heterocycles. The van der Waals surface area contributed by atoms with Gasteiger partial charge in [-0.15, -0.1) is 0 Å². The fraction of sp³-hybridized carbons (Fsp3) is 0.455. The molecule has 1 aromatic rings. The molecule has 0 atom stereocenters. The number of ether oxygens (including phenoxy) is 2. The molecule has 0 radical (unpaired) electrons. The Morgan fingerprint density at radius 1 is 1.11 bits per heavy atom. The second-order valence-electron chi connectivity index (χ2n) is 3.72. The van der Waals surface area contributed by atoms with Crippen molar-refractivity contribution in [1.82, 2.24) is 0 Å². The summed E-state index contributed by atoms with van der Waals surface area (Å²) in [5.74, 6) is -1.24. The Balaban J connectivity index is 0.00000324. The quantitative estimate of drug-likeness (QED) is 0.391. The molecule has 102 valence electrons. The minimum absolute atomic E-state index is 0. The van der Waals surface area contributed by atoms with Crippen LogP contribution < -0.4 is 61.6 Å². The van der Waals surface area contributed by atoms with Gasteiger partial charge in [0.05, 0.1) is 12.4 Å². The molecule has 0 aliphatic heterocycles. The van der Waals surface area contributed by atoms with E-state index in [0.29, 0.717) is 19.3 Å². The first-order valence-electron chi connectivity index (χ1n) is 5.65. The maximum atomic E-state index is 13.2. The summed E-state index contributed by atoms with van der Waals surface area (Å²) in [6.45, 7) is -2.29. The molecule has 0 aliphatic carbocycles. The molecule has 1 rings (SSSR count). The van der Waals surface area contributed by atoms with Crippen LogP contribution in [0, 0.1) is 5.82 Å². The minimum Gasteiger partial charge on any atom is -0.491 e. The van der Waals surface area contributed by atoms with Gasteiger partial charge in [0, 0.05) is 12.7 Å². The van der Waals surface area contributed by atoms with Crippen LogP contribution in [0.15, 0.2) is 18.2 Å². The predicted octanol–water partition coefficient (Wildman–Crippen LogP) is -0.310. The Bertz CT molecular complexity index is 387. The van der Waals surface area contributed by atoms with E-state index in [9.17, 15) is 17.3 Å². The van der Waals surface area contributed by atoms with Gasteiger partial charge >= 0.3 is 58.4 Å². The average Bonchev–Trinajstić information content (AvgIpc) is 2.27. The van der Waals surface area contributed by atoms with Crippen molar-refractivity contribution in [3.8, 4) is 5.75 Å². The SMILES string of the molecule is CCCOCCOc1ccc([B-](F)(F)F)c(F)c1.[K+]. The molecule has 19 heavy (non-hydrogen) atoms. The summed E-state index contributed by atoms with van der Waals surface area (Å²) < 4.78 is 60.4. The second-order valence-corrected chi connectivity index (χ2v) is 3.72. The van der Waals surface area contributed by atoms with Gasteiger partial charge in [-0.25, -0.2) is 4.39 Å². The third kappa shape index (κ3) is 7.10. The average molecular weight is 304 g/mol. The van der Waals surface area contributed by atoms with Crippen LogP contribution in [0.1, 0.15) is 13.3 Å². The molecule has 1 aromatic carbocycles. The van der Waals surface area contributed by atoms with Crippen LogP contribution in [0.4, 0.5) is 17.3 Å². The zero-order valence-electron chi connectivity index (χ0n) is 11.0. The first-order valence-corrected chi connectivity index (χ1v) is 5.65. The van der Waals surface area contributed by atoms with Crippen LogP contribution in [0.25, 0.3) is 0 Å². The third-order valence-electron chi connectivity index (χ3n) is 2.17. The zero-order chi connectivity index (χ0) is 13.6. The van der Waals surface area contributed by atoms with Gasteiger partial charge in [-0.05, 0) is 12.5 Å². The Morgan fingerprint density at radius 2 is 1.79 bits per heavy atom. The van der Waals surface area contributed by atoms with Gasteiger partial charge in [0.25, 0.3) is 0 Å². The fourth-order valence-corrected chi connectivity index (χ4v) is 1.33. The van der Waals surface area contributed by atoms with E-state index in [1.807, 2.05) is 6.92 Å². The predicted molar refractivity (Wildman–Crippen MR) is 61.7 cm³/mol. The number of hydrogen-bond acceptors (Lipinski definition) is 2. The van der Waals surface area contributed by atoms with E-state index < -0.39 is 18.3 Å². The Labute approximate surface area is 152 Å². The van der Waals surface area contributed by atoms with Crippen LogP contribution in [0.3, 0.4) is 0 Å². The summed E-state index contributed by atoms with van der Waals surface area (Å²) in [6.07, 6.45) is 0.872. The molecule has 0 saturated carbocycles. The molecule has 0 fully saturated rings. The standard InChI is InChI=1S/C11H14BF4O2.K/c1-2-5-17-6-7-18-9-3-4-10(11(13)8-9)12(14,15)16;/h3-4,8H,2,5-7H2,1H3;/q-1;+1. The maximum absolute atomic E-state index is 13.2. The van der Waals surface area contributed by atoms with E-state index >= 15 is 0 Å². The smallest absolute Gasteiger partial charge is 0.491 e. The summed E-state index contributed by atoms with van der Waals surface area (Å²) in [7, 11) is 0. The summed E-state index contributed by atoms with van der Waals surface area (Å²) in [5, 5.41) is 0. The summed E-state index contributed by atoms with van der Waals surface area (Å²) in [5.41, 5.74) is -1.23. The second kappa shape index (κ2) is 9.36. The molecule has 2 nitrogen and oxygen atoms in total. The van der Waals surface area contributed by atoms with Crippen LogP contribution in [-0.2, 0) is 4.74 Å². The minimum atomic E-state index is -5.33. The normalized spacial score (nSPS) is 11.0. The molecule has 0 saturated heterocycles. The summed E-state index contributed by atoms with van der Waals surface area (Å²) in [4.78, 5) is 0. The Morgan fingerprint density at radius 3 is 2.32 bits per heavy atom. The molecule has 0 bridgehead atoms. The van der Waals surface area contributed by atoms with Crippen molar-refractivity contribution in [2.24, 2.45) is 0 Å². The molecule has 0 spiro atoms. The van der Waals surface area contributed by atoms with Gasteiger partial charge in [-0.2, -0.15) is 0 Å². The van der Waals surface area contributed by atoms with Gasteiger partial charge in [-0.1, -0.05) is 18.5 Å². The molecule has 0 amide bonds. The Kier molecular flexibility index (Phi) is 9.56. The number of rotatable bonds is 7. The van der Waals surface area contributed by atoms with E-state index in [-0.39, 0.29) is 63.7 Å². The van der Waals surface area contributed by atoms with Crippen molar-refractivity contribution < 1.29 is 78.2 Å². The van der Waals surface area contributed by atoms with Crippen LogP contribution in [-0.4, -0.2) is 26.8 Å². The molecule has 0 N–H and O–H groups in total. The first-order chi connectivity index (χ1) is 8.45. The third-order valence-corrected chi connectivity index (χ3v) is 2.17. The number of halogens is 4. The number of hydrogen-bond donors (Lipinski definition) is 0. The van der Waals surface area contributed by atoms with Gasteiger partial charge in [0.2, 0.25) is 0 Å². The first kappa shape index (κ1) is 19.4. The topological polar surface area (TPSA) is 18.5 Å². The van der Waals surface area contributed by atoms with E-state index in [1.165, 1.54) is 0 Å². The van der Waals surface area contributed by atoms with Crippen LogP contribution in [0.2, 0.25) is 0 Å². The largest absolute Gasteiger partial charge is 1.00 e. The maximum Gasteiger partial charge on any atom is 1.00 e. The molecule has 0 unspecified atom stereocenters. The van der Waals surface area contributed by atoms with Crippen molar-refractivity contribution in [3.63, 3.8) is 0 Å². The van der Waals surface area contributed by atoms with Crippen molar-refractivity contribution in [3.05, 3.63) is 24.0 Å².